The van der Waals surface area contributed by atoms with E-state index in [9.17, 15) is 0 Å². The van der Waals surface area contributed by atoms with Gasteiger partial charge < -0.3 is 0 Å². The van der Waals surface area contributed by atoms with Crippen LogP contribution in [0.5, 0.6) is 0 Å². The molecule has 0 heterocycles. The van der Waals surface area contributed by atoms with Gasteiger partial charge in [0.05, 0.1) is 0 Å². The number of rotatable bonds is 1. The maximum atomic E-state index is 2.38. The highest BCUT2D eigenvalue weighted by Gasteiger charge is 2.20. The molecule has 0 saturated heterocycles. The summed E-state index contributed by atoms with van der Waals surface area (Å²) in [6.45, 7) is 0. The fraction of sp³-hybridized carbons (Fsp3) is 0.0769. The number of hydrogen-bond acceptors (Lipinski definition) is 0. The van der Waals surface area contributed by atoms with E-state index in [-0.39, 0.29) is 0 Å². The molecular weight excluding hydrogens is 312 g/mol. The minimum absolute atomic E-state index is 1.06. The molecule has 4 aromatic carbocycles. The zero-order valence-corrected chi connectivity index (χ0v) is 14.5. The fourth-order valence-electron chi connectivity index (χ4n) is 4.61. The van der Waals surface area contributed by atoms with Gasteiger partial charge in [-0.05, 0) is 80.6 Å². The third kappa shape index (κ3) is 1.96. The maximum Gasteiger partial charge on any atom is -0.00134 e. The molecule has 2 aliphatic rings. The van der Waals surface area contributed by atoms with Crippen LogP contribution in [0.15, 0.2) is 84.9 Å². The van der Waals surface area contributed by atoms with Crippen LogP contribution < -0.4 is 0 Å². The quantitative estimate of drug-likeness (QED) is 0.323. The van der Waals surface area contributed by atoms with Gasteiger partial charge in [0.2, 0.25) is 0 Å². The van der Waals surface area contributed by atoms with Gasteiger partial charge in [0, 0.05) is 0 Å². The van der Waals surface area contributed by atoms with Crippen LogP contribution in [0.3, 0.4) is 0 Å². The number of benzene rings is 4. The molecule has 0 bridgehead atoms. The largest absolute Gasteiger partial charge is 0.0619 e. The summed E-state index contributed by atoms with van der Waals surface area (Å²) in [6, 6.07) is 31.5. The average molecular weight is 330 g/mol. The molecule has 0 radical (unpaired) electrons. The minimum Gasteiger partial charge on any atom is -0.0619 e. The second-order valence-corrected chi connectivity index (χ2v) is 7.41. The summed E-state index contributed by atoms with van der Waals surface area (Å²) in [6.07, 6.45) is 2.12. The van der Waals surface area contributed by atoms with Crippen LogP contribution in [0.2, 0.25) is 0 Å². The van der Waals surface area contributed by atoms with Crippen LogP contribution >= 0.6 is 0 Å². The van der Waals surface area contributed by atoms with Crippen LogP contribution in [0.1, 0.15) is 22.3 Å². The van der Waals surface area contributed by atoms with Crippen molar-refractivity contribution in [3.05, 3.63) is 107 Å². The van der Waals surface area contributed by atoms with E-state index in [4.69, 9.17) is 0 Å². The molecule has 0 amide bonds. The van der Waals surface area contributed by atoms with Gasteiger partial charge in [-0.3, -0.25) is 0 Å². The van der Waals surface area contributed by atoms with E-state index in [1.54, 1.807) is 0 Å². The fourth-order valence-corrected chi connectivity index (χ4v) is 4.61. The Morgan fingerprint density at radius 1 is 0.385 bits per heavy atom. The average Bonchev–Trinajstić information content (AvgIpc) is 3.25. The summed E-state index contributed by atoms with van der Waals surface area (Å²) < 4.78 is 0. The minimum atomic E-state index is 1.06. The summed E-state index contributed by atoms with van der Waals surface area (Å²) in [4.78, 5) is 0. The lowest BCUT2D eigenvalue weighted by atomic mass is 9.95. The molecule has 0 aliphatic heterocycles. The molecule has 0 aromatic heterocycles. The molecule has 0 fully saturated rings. The van der Waals surface area contributed by atoms with E-state index >= 15 is 0 Å². The normalized spacial score (nSPS) is 13.1. The Kier molecular flexibility index (Phi) is 2.81. The van der Waals surface area contributed by atoms with Crippen molar-refractivity contribution in [2.75, 3.05) is 0 Å². The van der Waals surface area contributed by atoms with Crippen LogP contribution in [-0.4, -0.2) is 0 Å². The van der Waals surface area contributed by atoms with Crippen molar-refractivity contribution in [3.63, 3.8) is 0 Å². The van der Waals surface area contributed by atoms with Crippen molar-refractivity contribution in [1.82, 2.24) is 0 Å². The molecule has 6 rings (SSSR count). The molecule has 0 nitrogen and oxygen atoms in total. The predicted molar refractivity (Wildman–Crippen MR) is 108 cm³/mol. The van der Waals surface area contributed by atoms with Crippen molar-refractivity contribution in [3.8, 4) is 33.4 Å². The second kappa shape index (κ2) is 5.19. The van der Waals surface area contributed by atoms with Crippen LogP contribution in [-0.2, 0) is 12.8 Å². The van der Waals surface area contributed by atoms with E-state index < -0.39 is 0 Å². The molecule has 0 spiro atoms. The molecule has 122 valence electrons. The molecule has 0 N–H and O–H groups in total. The molecule has 0 unspecified atom stereocenters. The molecule has 26 heavy (non-hydrogen) atoms. The van der Waals surface area contributed by atoms with Gasteiger partial charge in [0.15, 0.2) is 0 Å². The second-order valence-electron chi connectivity index (χ2n) is 7.41. The van der Waals surface area contributed by atoms with Crippen LogP contribution in [0.4, 0.5) is 0 Å². The zero-order chi connectivity index (χ0) is 17.1. The van der Waals surface area contributed by atoms with Crippen molar-refractivity contribution in [2.45, 2.75) is 12.8 Å². The van der Waals surface area contributed by atoms with Gasteiger partial charge in [0.1, 0.15) is 0 Å². The Morgan fingerprint density at radius 2 is 0.808 bits per heavy atom. The third-order valence-electron chi connectivity index (χ3n) is 5.93. The highest BCUT2D eigenvalue weighted by molar-refractivity contribution is 5.85. The van der Waals surface area contributed by atoms with Crippen LogP contribution in [0, 0.1) is 0 Å². The van der Waals surface area contributed by atoms with Gasteiger partial charge in [-0.2, -0.15) is 0 Å². The lowest BCUT2D eigenvalue weighted by Crippen LogP contribution is -1.85. The zero-order valence-electron chi connectivity index (χ0n) is 14.5. The Balaban J connectivity index is 1.49. The van der Waals surface area contributed by atoms with Gasteiger partial charge in [-0.25, -0.2) is 0 Å². The van der Waals surface area contributed by atoms with E-state index in [1.807, 2.05) is 0 Å². The molecular formula is C26H18. The summed E-state index contributed by atoms with van der Waals surface area (Å²) in [5, 5.41) is 0. The Labute approximate surface area is 153 Å². The van der Waals surface area contributed by atoms with Gasteiger partial charge in [-0.1, -0.05) is 72.8 Å². The van der Waals surface area contributed by atoms with Gasteiger partial charge in [0.25, 0.3) is 0 Å². The Morgan fingerprint density at radius 3 is 1.31 bits per heavy atom. The highest BCUT2D eigenvalue weighted by Crippen LogP contribution is 2.41. The SMILES string of the molecule is c1ccc2c(c1)Cc1ccc(-c3ccc4c(c3)-c3ccccc3C4)cc1-2. The van der Waals surface area contributed by atoms with Crippen LogP contribution in [0.25, 0.3) is 33.4 Å². The van der Waals surface area contributed by atoms with Crippen molar-refractivity contribution < 1.29 is 0 Å². The lowest BCUT2D eigenvalue weighted by molar-refractivity contribution is 1.26. The number of fused-ring (bicyclic) bond motifs is 6. The first-order valence-electron chi connectivity index (χ1n) is 9.29. The summed E-state index contributed by atoms with van der Waals surface area (Å²) in [5.41, 5.74) is 14.0. The van der Waals surface area contributed by atoms with E-state index in [1.165, 1.54) is 55.6 Å². The Bertz CT molecular complexity index is 1090. The first kappa shape index (κ1) is 14.1. The first-order chi connectivity index (χ1) is 12.9. The lowest BCUT2D eigenvalue weighted by Gasteiger charge is -2.09. The standard InChI is InChI=1S/C26H18/c1-3-7-23-19(5-1)13-21-11-9-17(15-25(21)23)18-10-12-22-14-20-6-2-4-8-24(20)26(22)16-18/h1-12,15-16H,13-14H2. The van der Waals surface area contributed by atoms with Gasteiger partial charge >= 0.3 is 0 Å². The van der Waals surface area contributed by atoms with E-state index in [2.05, 4.69) is 84.9 Å². The maximum absolute atomic E-state index is 2.38. The van der Waals surface area contributed by atoms with Crippen molar-refractivity contribution >= 4 is 0 Å². The highest BCUT2D eigenvalue weighted by atomic mass is 14.2. The smallest absolute Gasteiger partial charge is 0.00134 e. The molecule has 0 saturated carbocycles. The van der Waals surface area contributed by atoms with Crippen molar-refractivity contribution in [2.24, 2.45) is 0 Å². The summed E-state index contributed by atoms with van der Waals surface area (Å²) >= 11 is 0. The monoisotopic (exact) mass is 330 g/mol. The van der Waals surface area contributed by atoms with Crippen molar-refractivity contribution in [1.29, 1.82) is 0 Å². The summed E-state index contributed by atoms with van der Waals surface area (Å²) in [5.74, 6) is 0. The predicted octanol–water partition coefficient (Wildman–Crippen LogP) is 6.50. The number of hydrogen-bond donors (Lipinski definition) is 0. The summed E-state index contributed by atoms with van der Waals surface area (Å²) in [7, 11) is 0. The topological polar surface area (TPSA) is 0 Å². The van der Waals surface area contributed by atoms with Gasteiger partial charge in [-0.15, -0.1) is 0 Å². The molecule has 0 atom stereocenters. The van der Waals surface area contributed by atoms with E-state index in [0.717, 1.165) is 12.8 Å². The van der Waals surface area contributed by atoms with E-state index in [0.29, 0.717) is 0 Å². The molecule has 2 aliphatic carbocycles. The first-order valence-corrected chi connectivity index (χ1v) is 9.29. The molecule has 0 heteroatoms. The third-order valence-corrected chi connectivity index (χ3v) is 5.93. The molecule has 4 aromatic rings. The Hall–Kier alpha value is -3.12.